The molecular formula is C62H88Br2N18O3. The molecule has 0 spiro atoms. The van der Waals surface area contributed by atoms with Gasteiger partial charge in [0, 0.05) is 66.9 Å². The summed E-state index contributed by atoms with van der Waals surface area (Å²) in [6.45, 7) is 8.21. The molecule has 10 rings (SSSR count). The van der Waals surface area contributed by atoms with Crippen LogP contribution in [0.25, 0.3) is 0 Å². The van der Waals surface area contributed by atoms with Gasteiger partial charge in [-0.25, -0.2) is 28.2 Å². The third kappa shape index (κ3) is 22.6. The predicted octanol–water partition coefficient (Wildman–Crippen LogP) is 9.33. The van der Waals surface area contributed by atoms with Crippen molar-refractivity contribution in [3.05, 3.63) is 147 Å². The van der Waals surface area contributed by atoms with E-state index in [1.54, 1.807) is 33.7 Å². The fourth-order valence-corrected chi connectivity index (χ4v) is 8.97. The lowest BCUT2D eigenvalue weighted by molar-refractivity contribution is -0.657. The molecule has 6 heterocycles. The number of methoxy groups -OCH3 is 3. The summed E-state index contributed by atoms with van der Waals surface area (Å²) in [6.07, 6.45) is 27.1. The number of hydrogen-bond acceptors (Lipinski definition) is 15. The molecule has 0 atom stereocenters. The molecule has 2 saturated heterocycles. The zero-order valence-electron chi connectivity index (χ0n) is 47.7. The first kappa shape index (κ1) is 71.5. The Bertz CT molecular complexity index is 3190. The van der Waals surface area contributed by atoms with Crippen molar-refractivity contribution >= 4 is 52.2 Å². The van der Waals surface area contributed by atoms with E-state index in [-0.39, 0.29) is 56.2 Å². The summed E-state index contributed by atoms with van der Waals surface area (Å²) in [6, 6.07) is 30.8. The molecule has 0 radical (unpaired) electrons. The number of anilines is 1. The maximum absolute atomic E-state index is 5.19. The van der Waals surface area contributed by atoms with E-state index in [4.69, 9.17) is 14.2 Å². The first-order chi connectivity index (χ1) is 39.3. The standard InChI is InChI=1S/C29H36N9O.C26H31N8O2.C4H9N.3CH4.2BrH/c1-35-22-23-38(29(35)34-32-24-8-12-26(13-9-24)36-17-6-7-18-36)20-5-3-4-19-37-21-16-30-28(37)33-31-25-10-14-27(39-2)15-11-25;1-32-19-20-34(26(32)31-29-22-9-13-24(36-3)14-10-22)17-6-4-5-16-33-18-15-27-25(33)30-28-21-7-11-23(35-2)12-8-21;1-2-4-5-3-1;;;;;/h8-16,21-23H,3-7,17-20H2,1-2H3;7-15,18-20H,4-6,16-17H2,1-3H3;5H,1-4H2;3*1H4;2*1H/q2*+1;;;;;;/p-2. The Morgan fingerprint density at radius 2 is 0.765 bits per heavy atom. The molecule has 4 aromatic carbocycles. The highest BCUT2D eigenvalue weighted by atomic mass is 79.9. The van der Waals surface area contributed by atoms with Crippen molar-refractivity contribution in [2.75, 3.05) is 52.4 Å². The molecule has 1 N–H and O–H groups in total. The second kappa shape index (κ2) is 39.0. The summed E-state index contributed by atoms with van der Waals surface area (Å²) >= 11 is 0. The van der Waals surface area contributed by atoms with Gasteiger partial charge in [-0.2, -0.15) is 0 Å². The summed E-state index contributed by atoms with van der Waals surface area (Å²) < 4.78 is 27.9. The zero-order valence-corrected chi connectivity index (χ0v) is 50.8. The van der Waals surface area contributed by atoms with Crippen molar-refractivity contribution in [3.8, 4) is 17.2 Å². The average molecular weight is 1290 g/mol. The number of benzene rings is 4. The first-order valence-electron chi connectivity index (χ1n) is 27.6. The van der Waals surface area contributed by atoms with E-state index in [2.05, 4.69) is 88.6 Å². The Morgan fingerprint density at radius 3 is 1.11 bits per heavy atom. The maximum atomic E-state index is 5.19. The highest BCUT2D eigenvalue weighted by Gasteiger charge is 2.17. The number of ether oxygens (including phenoxy) is 3. The van der Waals surface area contributed by atoms with E-state index < -0.39 is 0 Å². The van der Waals surface area contributed by atoms with Gasteiger partial charge in [-0.1, -0.05) is 32.5 Å². The van der Waals surface area contributed by atoms with Crippen molar-refractivity contribution in [1.29, 1.82) is 0 Å². The summed E-state index contributed by atoms with van der Waals surface area (Å²) in [5.74, 6) is 5.24. The van der Waals surface area contributed by atoms with E-state index in [0.717, 1.165) is 130 Å². The molecule has 0 aliphatic carbocycles. The van der Waals surface area contributed by atoms with Gasteiger partial charge < -0.3 is 67.5 Å². The van der Waals surface area contributed by atoms with Crippen LogP contribution in [0, 0.1) is 0 Å². The Kier molecular flexibility index (Phi) is 32.8. The number of nitrogens with one attached hydrogen (secondary N) is 1. The minimum Gasteiger partial charge on any atom is -1.00 e. The topological polar surface area (TPSA) is 195 Å². The summed E-state index contributed by atoms with van der Waals surface area (Å²) in [7, 11) is 8.90. The lowest BCUT2D eigenvalue weighted by Gasteiger charge is -2.16. The smallest absolute Gasteiger partial charge is 0.421 e. The minimum atomic E-state index is 0. The number of rotatable bonds is 24. The van der Waals surface area contributed by atoms with E-state index in [1.165, 1.54) is 44.5 Å². The molecule has 2 fully saturated rings. The molecule has 2 aliphatic heterocycles. The van der Waals surface area contributed by atoms with E-state index in [1.807, 2.05) is 148 Å². The molecule has 0 saturated carbocycles. The third-order valence-electron chi connectivity index (χ3n) is 13.6. The van der Waals surface area contributed by atoms with Gasteiger partial charge in [-0.05, 0) is 174 Å². The van der Waals surface area contributed by atoms with Gasteiger partial charge in [0.1, 0.15) is 28.6 Å². The number of hydrogen-bond donors (Lipinski definition) is 1. The first-order valence-corrected chi connectivity index (χ1v) is 27.6. The van der Waals surface area contributed by atoms with Crippen LogP contribution in [0.1, 0.15) is 86.5 Å². The van der Waals surface area contributed by atoms with Gasteiger partial charge in [0.15, 0.2) is 0 Å². The van der Waals surface area contributed by atoms with Gasteiger partial charge >= 0.3 is 11.9 Å². The number of aryl methyl sites for hydroxylation is 6. The van der Waals surface area contributed by atoms with Gasteiger partial charge in [0.25, 0.3) is 0 Å². The van der Waals surface area contributed by atoms with Gasteiger partial charge in [0.2, 0.25) is 11.9 Å². The summed E-state index contributed by atoms with van der Waals surface area (Å²) in [4.78, 5) is 11.1. The van der Waals surface area contributed by atoms with Crippen LogP contribution in [0.2, 0.25) is 0 Å². The Hall–Kier alpha value is -7.76. The van der Waals surface area contributed by atoms with Crippen molar-refractivity contribution < 1.29 is 57.3 Å². The lowest BCUT2D eigenvalue weighted by Crippen LogP contribution is -3.00. The van der Waals surface area contributed by atoms with Crippen LogP contribution in [0.3, 0.4) is 0 Å². The average Bonchev–Trinajstić information content (AvgIpc) is 4.56. The minimum absolute atomic E-state index is 0. The fourth-order valence-electron chi connectivity index (χ4n) is 8.97. The second-order valence-electron chi connectivity index (χ2n) is 19.3. The molecule has 2 aliphatic rings. The SMILES string of the molecule is C.C.C.C1CCNC1.COc1ccc(N=Nc2nccn2CCCCCn2cc[n+](C)c2N=Nc2ccc(N3CCCC3)cc2)cc1.COc1ccc(N=Nc2nccn2CCCCCn2cc[n+](C)c2N=Nc2ccc(OC)cc2)cc1.[Br-].[Br-]. The van der Waals surface area contributed by atoms with Crippen LogP contribution in [0.5, 0.6) is 17.2 Å². The maximum Gasteiger partial charge on any atom is 0.421 e. The second-order valence-corrected chi connectivity index (χ2v) is 19.3. The highest BCUT2D eigenvalue weighted by molar-refractivity contribution is 5.53. The third-order valence-corrected chi connectivity index (χ3v) is 13.6. The Morgan fingerprint density at radius 1 is 0.424 bits per heavy atom. The van der Waals surface area contributed by atoms with Crippen molar-refractivity contribution in [2.45, 2.75) is 113 Å². The quantitative estimate of drug-likeness (QED) is 0.0354. The van der Waals surface area contributed by atoms with E-state index in [9.17, 15) is 0 Å². The van der Waals surface area contributed by atoms with Crippen LogP contribution < -0.4 is 67.5 Å². The lowest BCUT2D eigenvalue weighted by atomic mass is 10.2. The molecule has 0 unspecified atom stereocenters. The van der Waals surface area contributed by atoms with E-state index in [0.29, 0.717) is 11.9 Å². The molecular weight excluding hydrogens is 1200 g/mol. The molecule has 0 bridgehead atoms. The number of halogens is 2. The Labute approximate surface area is 524 Å². The van der Waals surface area contributed by atoms with Crippen LogP contribution in [0.15, 0.2) is 188 Å². The van der Waals surface area contributed by atoms with Gasteiger partial charge in [0.05, 0.1) is 84.7 Å². The number of azo groups is 4. The monoisotopic (exact) mass is 1290 g/mol. The van der Waals surface area contributed by atoms with Crippen molar-refractivity contribution in [2.24, 2.45) is 55.0 Å². The molecule has 23 heteroatoms. The molecule has 0 amide bonds. The molecule has 458 valence electrons. The van der Waals surface area contributed by atoms with E-state index >= 15 is 0 Å². The number of nitrogens with zero attached hydrogens (tertiary/aromatic N) is 17. The molecule has 4 aromatic heterocycles. The van der Waals surface area contributed by atoms with Gasteiger partial charge in [-0.3, -0.25) is 0 Å². The van der Waals surface area contributed by atoms with Gasteiger partial charge in [-0.15, -0.1) is 20.5 Å². The molecule has 21 nitrogen and oxygen atoms in total. The zero-order chi connectivity index (χ0) is 55.6. The largest absolute Gasteiger partial charge is 1.00 e. The van der Waals surface area contributed by atoms with Crippen molar-refractivity contribution in [1.82, 2.24) is 33.6 Å². The number of imidazole rings is 4. The molecule has 85 heavy (non-hydrogen) atoms. The normalized spacial score (nSPS) is 12.6. The number of unbranched alkanes of at least 4 members (excludes halogenated alkanes) is 4. The van der Waals surface area contributed by atoms with Crippen LogP contribution >= 0.6 is 0 Å². The number of aromatic nitrogens is 8. The summed E-state index contributed by atoms with van der Waals surface area (Å²) in [5, 5.41) is 38.3. The molecule has 8 aromatic rings. The summed E-state index contributed by atoms with van der Waals surface area (Å²) in [5.41, 5.74) is 4.43. The highest BCUT2D eigenvalue weighted by Crippen LogP contribution is 2.26. The van der Waals surface area contributed by atoms with Crippen LogP contribution in [-0.4, -0.2) is 75.7 Å². The Balaban J connectivity index is 0.000000390. The van der Waals surface area contributed by atoms with Crippen LogP contribution in [-0.2, 0) is 40.3 Å². The van der Waals surface area contributed by atoms with Crippen molar-refractivity contribution in [3.63, 3.8) is 0 Å². The van der Waals surface area contributed by atoms with Crippen LogP contribution in [0.4, 0.5) is 52.2 Å². The fraction of sp³-hybridized carbons (Fsp3) is 0.419. The predicted molar refractivity (Wildman–Crippen MR) is 329 cm³/mol.